The molecule has 2 heteroatoms. The number of hydrogen-bond donors (Lipinski definition) is 0. The zero-order valence-electron chi connectivity index (χ0n) is 31.6. The minimum atomic E-state index is 0.880. The summed E-state index contributed by atoms with van der Waals surface area (Å²) in [5, 5.41) is 14.3. The normalized spacial score (nSPS) is 11.8. The maximum absolute atomic E-state index is 6.74. The Morgan fingerprint density at radius 1 is 0.310 bits per heavy atom. The second-order valence-electron chi connectivity index (χ2n) is 15.3. The molecule has 0 unspecified atom stereocenters. The lowest BCUT2D eigenvalue weighted by atomic mass is 9.90. The molecular weight excluding hydrogens is 703 g/mol. The van der Waals surface area contributed by atoms with Crippen LogP contribution >= 0.6 is 0 Å². The Bertz CT molecular complexity index is 3590. The predicted molar refractivity (Wildman–Crippen MR) is 247 cm³/mol. The number of rotatable bonds is 5. The summed E-state index contributed by atoms with van der Waals surface area (Å²) in [6.07, 6.45) is 0. The van der Waals surface area contributed by atoms with Crippen molar-refractivity contribution < 1.29 is 4.42 Å². The van der Waals surface area contributed by atoms with Gasteiger partial charge >= 0.3 is 0 Å². The van der Waals surface area contributed by atoms with Crippen molar-refractivity contribution in [3.8, 4) is 22.3 Å². The second-order valence-corrected chi connectivity index (χ2v) is 15.3. The van der Waals surface area contributed by atoms with Crippen molar-refractivity contribution in [1.82, 2.24) is 0 Å². The minimum Gasteiger partial charge on any atom is -0.455 e. The topological polar surface area (TPSA) is 16.4 Å². The van der Waals surface area contributed by atoms with E-state index in [-0.39, 0.29) is 0 Å². The van der Waals surface area contributed by atoms with E-state index >= 15 is 0 Å². The van der Waals surface area contributed by atoms with Crippen molar-refractivity contribution in [1.29, 1.82) is 0 Å². The van der Waals surface area contributed by atoms with Crippen molar-refractivity contribution in [3.63, 3.8) is 0 Å². The molecular formula is C56H35NO. The first-order valence-corrected chi connectivity index (χ1v) is 19.9. The number of furan rings is 1. The molecule has 58 heavy (non-hydrogen) atoms. The zero-order chi connectivity index (χ0) is 38.2. The van der Waals surface area contributed by atoms with Gasteiger partial charge in [0, 0.05) is 22.1 Å². The Labute approximate surface area is 335 Å². The number of nitrogens with zero attached hydrogens (tertiary/aromatic N) is 1. The fourth-order valence-corrected chi connectivity index (χ4v) is 9.26. The lowest BCUT2D eigenvalue weighted by Crippen LogP contribution is -2.10. The molecule has 11 aromatic carbocycles. The first-order valence-electron chi connectivity index (χ1n) is 19.9. The number of hydrogen-bond acceptors (Lipinski definition) is 2. The molecule has 0 N–H and O–H groups in total. The van der Waals surface area contributed by atoms with Gasteiger partial charge in [0.15, 0.2) is 0 Å². The summed E-state index contributed by atoms with van der Waals surface area (Å²) in [4.78, 5) is 2.43. The van der Waals surface area contributed by atoms with Crippen LogP contribution < -0.4 is 4.90 Å². The fourth-order valence-electron chi connectivity index (χ4n) is 9.26. The monoisotopic (exact) mass is 737 g/mol. The van der Waals surface area contributed by atoms with Gasteiger partial charge in [-0.05, 0) is 119 Å². The van der Waals surface area contributed by atoms with Gasteiger partial charge in [-0.25, -0.2) is 0 Å². The maximum atomic E-state index is 6.74. The van der Waals surface area contributed by atoms with Gasteiger partial charge in [0.05, 0.1) is 11.1 Å². The second kappa shape index (κ2) is 12.9. The number of benzene rings is 11. The van der Waals surface area contributed by atoms with Gasteiger partial charge in [-0.3, -0.25) is 0 Å². The van der Waals surface area contributed by atoms with E-state index in [0.717, 1.165) is 55.3 Å². The third-order valence-electron chi connectivity index (χ3n) is 12.0. The van der Waals surface area contributed by atoms with Crippen molar-refractivity contribution in [2.45, 2.75) is 0 Å². The van der Waals surface area contributed by atoms with E-state index in [1.54, 1.807) is 0 Å². The summed E-state index contributed by atoms with van der Waals surface area (Å²) in [7, 11) is 0. The Hall–Kier alpha value is -7.68. The van der Waals surface area contributed by atoms with Gasteiger partial charge in [-0.1, -0.05) is 164 Å². The Kier molecular flexibility index (Phi) is 7.26. The molecule has 0 spiro atoms. The summed E-state index contributed by atoms with van der Waals surface area (Å²) in [5.74, 6) is 0. The lowest BCUT2D eigenvalue weighted by Gasteiger charge is -2.28. The zero-order valence-corrected chi connectivity index (χ0v) is 31.6. The van der Waals surface area contributed by atoms with E-state index in [4.69, 9.17) is 4.42 Å². The molecule has 0 aliphatic rings. The number of fused-ring (bicyclic) bond motifs is 10. The first kappa shape index (κ1) is 32.6. The van der Waals surface area contributed by atoms with E-state index < -0.39 is 0 Å². The molecule has 12 rings (SSSR count). The van der Waals surface area contributed by atoms with Crippen molar-refractivity contribution >= 4 is 92.9 Å². The van der Waals surface area contributed by atoms with Gasteiger partial charge in [0.25, 0.3) is 0 Å². The fraction of sp³-hybridized carbons (Fsp3) is 0. The highest BCUT2D eigenvalue weighted by atomic mass is 16.3. The Morgan fingerprint density at radius 2 is 0.931 bits per heavy atom. The van der Waals surface area contributed by atoms with Crippen LogP contribution in [0.2, 0.25) is 0 Å². The van der Waals surface area contributed by atoms with Crippen LogP contribution in [0.1, 0.15) is 0 Å². The average Bonchev–Trinajstić information content (AvgIpc) is 3.69. The molecule has 0 amide bonds. The standard InChI is InChI=1S/C56H35NO/c1-2-14-37-31-39(28-27-36(37)13-1)38-17-11-19-43(32-38)57(53-35-42-16-4-6-21-47(42)56-55(53)51-24-9-10-26-54(51)58-56)44-29-30-46-40(33-44)18-12-25-49(46)52-34-41-15-3-5-20-45(41)48-22-7-8-23-50(48)52/h1-35H. The molecule has 270 valence electrons. The van der Waals surface area contributed by atoms with Gasteiger partial charge < -0.3 is 9.32 Å². The minimum absolute atomic E-state index is 0.880. The van der Waals surface area contributed by atoms with Crippen LogP contribution in [-0.2, 0) is 0 Å². The van der Waals surface area contributed by atoms with E-state index in [9.17, 15) is 0 Å². The molecule has 12 aromatic rings. The molecule has 0 bridgehead atoms. The van der Waals surface area contributed by atoms with Crippen LogP contribution in [0.25, 0.3) is 98.1 Å². The molecule has 0 saturated carbocycles. The maximum Gasteiger partial charge on any atom is 0.145 e. The van der Waals surface area contributed by atoms with Gasteiger partial charge in [-0.2, -0.15) is 0 Å². The quantitative estimate of drug-likeness (QED) is 0.164. The number of para-hydroxylation sites is 1. The van der Waals surface area contributed by atoms with Crippen LogP contribution in [0.15, 0.2) is 217 Å². The molecule has 2 nitrogen and oxygen atoms in total. The highest BCUT2D eigenvalue weighted by molar-refractivity contribution is 6.22. The summed E-state index contributed by atoms with van der Waals surface area (Å²) in [5.41, 5.74) is 9.82. The van der Waals surface area contributed by atoms with Crippen molar-refractivity contribution in [2.24, 2.45) is 0 Å². The lowest BCUT2D eigenvalue weighted by molar-refractivity contribution is 0.672. The third-order valence-corrected chi connectivity index (χ3v) is 12.0. The Morgan fingerprint density at radius 3 is 1.79 bits per heavy atom. The smallest absolute Gasteiger partial charge is 0.145 e. The van der Waals surface area contributed by atoms with Crippen LogP contribution in [0.3, 0.4) is 0 Å². The SMILES string of the molecule is c1cc(-c2ccc3ccccc3c2)cc(N(c2ccc3c(-c4cc5ccccc5c5ccccc45)cccc3c2)c2cc3ccccc3c3oc4ccccc4c23)c1. The van der Waals surface area contributed by atoms with Gasteiger partial charge in [-0.15, -0.1) is 0 Å². The molecule has 0 aliphatic carbocycles. The van der Waals surface area contributed by atoms with Crippen LogP contribution in [0, 0.1) is 0 Å². The average molecular weight is 738 g/mol. The predicted octanol–water partition coefficient (Wildman–Crippen LogP) is 16.2. The van der Waals surface area contributed by atoms with E-state index in [0.29, 0.717) is 0 Å². The molecule has 0 radical (unpaired) electrons. The van der Waals surface area contributed by atoms with Crippen LogP contribution in [0.4, 0.5) is 17.1 Å². The molecule has 0 fully saturated rings. The van der Waals surface area contributed by atoms with Gasteiger partial charge in [0.1, 0.15) is 11.2 Å². The van der Waals surface area contributed by atoms with Gasteiger partial charge in [0.2, 0.25) is 0 Å². The summed E-state index contributed by atoms with van der Waals surface area (Å²) in [6, 6.07) is 77.2. The first-order chi connectivity index (χ1) is 28.7. The molecule has 0 atom stereocenters. The van der Waals surface area contributed by atoms with Crippen LogP contribution in [-0.4, -0.2) is 0 Å². The van der Waals surface area contributed by atoms with E-state index in [2.05, 4.69) is 217 Å². The van der Waals surface area contributed by atoms with E-state index in [1.165, 1.54) is 59.8 Å². The van der Waals surface area contributed by atoms with Crippen molar-refractivity contribution in [3.05, 3.63) is 212 Å². The largest absolute Gasteiger partial charge is 0.455 e. The Balaban J connectivity index is 1.11. The van der Waals surface area contributed by atoms with E-state index in [1.807, 2.05) is 0 Å². The van der Waals surface area contributed by atoms with Crippen molar-refractivity contribution in [2.75, 3.05) is 4.90 Å². The summed E-state index contributed by atoms with van der Waals surface area (Å²) >= 11 is 0. The highest BCUT2D eigenvalue weighted by Gasteiger charge is 2.23. The molecule has 0 saturated heterocycles. The highest BCUT2D eigenvalue weighted by Crippen LogP contribution is 2.47. The number of anilines is 3. The molecule has 1 heterocycles. The molecule has 1 aromatic heterocycles. The van der Waals surface area contributed by atoms with Crippen LogP contribution in [0.5, 0.6) is 0 Å². The third kappa shape index (κ3) is 5.12. The summed E-state index contributed by atoms with van der Waals surface area (Å²) in [6.45, 7) is 0. The molecule has 0 aliphatic heterocycles. The summed E-state index contributed by atoms with van der Waals surface area (Å²) < 4.78 is 6.74.